The van der Waals surface area contributed by atoms with Crippen LogP contribution in [0.25, 0.3) is 0 Å². The van der Waals surface area contributed by atoms with Gasteiger partial charge in [-0.2, -0.15) is 11.8 Å². The van der Waals surface area contributed by atoms with E-state index in [2.05, 4.69) is 49.7 Å². The van der Waals surface area contributed by atoms with Gasteiger partial charge in [0.2, 0.25) is 0 Å². The van der Waals surface area contributed by atoms with Gasteiger partial charge in [-0.3, -0.25) is 0 Å². The van der Waals surface area contributed by atoms with Gasteiger partial charge in [0.1, 0.15) is 0 Å². The molecule has 0 fully saturated rings. The molecular weight excluding hydrogens is 214 g/mol. The van der Waals surface area contributed by atoms with Crippen LogP contribution in [0.1, 0.15) is 36.9 Å². The van der Waals surface area contributed by atoms with E-state index in [9.17, 15) is 0 Å². The van der Waals surface area contributed by atoms with Crippen LogP contribution in [0.3, 0.4) is 0 Å². The molecule has 0 amide bonds. The summed E-state index contributed by atoms with van der Waals surface area (Å²) >= 11 is 1.93. The van der Waals surface area contributed by atoms with Gasteiger partial charge in [-0.15, -0.1) is 0 Å². The van der Waals surface area contributed by atoms with E-state index in [0.717, 1.165) is 6.54 Å². The largest absolute Gasteiger partial charge is 0.310 e. The molecule has 1 nitrogen and oxygen atoms in total. The molecule has 0 aliphatic rings. The Morgan fingerprint density at radius 1 is 1.31 bits per heavy atom. The van der Waals surface area contributed by atoms with E-state index in [1.165, 1.54) is 29.7 Å². The summed E-state index contributed by atoms with van der Waals surface area (Å²) in [4.78, 5) is 0. The number of benzene rings is 1. The van der Waals surface area contributed by atoms with Gasteiger partial charge in [-0.05, 0) is 50.8 Å². The van der Waals surface area contributed by atoms with E-state index >= 15 is 0 Å². The molecule has 90 valence electrons. The molecule has 1 rings (SSSR count). The van der Waals surface area contributed by atoms with Crippen molar-refractivity contribution in [2.45, 2.75) is 32.7 Å². The Kier molecular flexibility index (Phi) is 6.58. The maximum atomic E-state index is 3.58. The fraction of sp³-hybridized carbons (Fsp3) is 0.571. The summed E-state index contributed by atoms with van der Waals surface area (Å²) in [5, 5.41) is 3.58. The van der Waals surface area contributed by atoms with Gasteiger partial charge in [0, 0.05) is 6.04 Å². The van der Waals surface area contributed by atoms with E-state index in [-0.39, 0.29) is 0 Å². The molecule has 0 bridgehead atoms. The lowest BCUT2D eigenvalue weighted by Crippen LogP contribution is -2.19. The van der Waals surface area contributed by atoms with Crippen molar-refractivity contribution < 1.29 is 0 Å². The molecule has 0 unspecified atom stereocenters. The third-order valence-corrected chi connectivity index (χ3v) is 3.46. The minimum Gasteiger partial charge on any atom is -0.310 e. The number of thioether (sulfide) groups is 1. The fourth-order valence-electron chi connectivity index (χ4n) is 1.75. The lowest BCUT2D eigenvalue weighted by atomic mass is 10.1. The first-order valence-electron chi connectivity index (χ1n) is 6.03. The standard InChI is InChI=1S/C14H23NS/c1-12-7-6-8-14(11-12)13(2)15-9-4-5-10-16-3/h6-8,11,13,15H,4-5,9-10H2,1-3H3/t13-/m0/s1. The van der Waals surface area contributed by atoms with Crippen molar-refractivity contribution in [1.82, 2.24) is 5.32 Å². The molecular formula is C14H23NS. The summed E-state index contributed by atoms with van der Waals surface area (Å²) in [6, 6.07) is 9.21. The Hall–Kier alpha value is -0.470. The molecule has 1 N–H and O–H groups in total. The first-order chi connectivity index (χ1) is 7.74. The minimum absolute atomic E-state index is 0.467. The Morgan fingerprint density at radius 2 is 2.12 bits per heavy atom. The van der Waals surface area contributed by atoms with Gasteiger partial charge in [-0.25, -0.2) is 0 Å². The summed E-state index contributed by atoms with van der Waals surface area (Å²) < 4.78 is 0. The Bertz CT molecular complexity index is 299. The van der Waals surface area contributed by atoms with E-state index < -0.39 is 0 Å². The highest BCUT2D eigenvalue weighted by Crippen LogP contribution is 2.13. The van der Waals surface area contributed by atoms with Crippen LogP contribution in [0.15, 0.2) is 24.3 Å². The molecule has 0 heterocycles. The van der Waals surface area contributed by atoms with Crippen molar-refractivity contribution in [3.8, 4) is 0 Å². The van der Waals surface area contributed by atoms with Gasteiger partial charge >= 0.3 is 0 Å². The van der Waals surface area contributed by atoms with Crippen LogP contribution in [0, 0.1) is 6.92 Å². The quantitative estimate of drug-likeness (QED) is 0.724. The Morgan fingerprint density at radius 3 is 2.81 bits per heavy atom. The minimum atomic E-state index is 0.467. The summed E-state index contributed by atoms with van der Waals surface area (Å²) in [5.41, 5.74) is 2.73. The second-order valence-electron chi connectivity index (χ2n) is 4.29. The number of hydrogen-bond donors (Lipinski definition) is 1. The maximum absolute atomic E-state index is 3.58. The first kappa shape index (κ1) is 13.6. The summed E-state index contributed by atoms with van der Waals surface area (Å²) in [6.07, 6.45) is 4.76. The van der Waals surface area contributed by atoms with Crippen LogP contribution < -0.4 is 5.32 Å². The number of aryl methyl sites for hydroxylation is 1. The molecule has 0 radical (unpaired) electrons. The predicted molar refractivity (Wildman–Crippen MR) is 75.2 cm³/mol. The molecule has 2 heteroatoms. The van der Waals surface area contributed by atoms with Crippen LogP contribution in [0.2, 0.25) is 0 Å². The summed E-state index contributed by atoms with van der Waals surface area (Å²) in [7, 11) is 0. The predicted octanol–water partition coefficient (Wildman–Crippen LogP) is 3.79. The van der Waals surface area contributed by atoms with Crippen molar-refractivity contribution in [1.29, 1.82) is 0 Å². The van der Waals surface area contributed by atoms with Crippen molar-refractivity contribution in [2.75, 3.05) is 18.6 Å². The highest BCUT2D eigenvalue weighted by atomic mass is 32.2. The molecule has 0 saturated carbocycles. The number of nitrogens with one attached hydrogen (secondary N) is 1. The van der Waals surface area contributed by atoms with Crippen molar-refractivity contribution in [3.05, 3.63) is 35.4 Å². The SMILES string of the molecule is CSCCCCN[C@@H](C)c1cccc(C)c1. The topological polar surface area (TPSA) is 12.0 Å². The molecule has 1 aromatic carbocycles. The maximum Gasteiger partial charge on any atom is 0.0291 e. The van der Waals surface area contributed by atoms with Gasteiger partial charge in [0.15, 0.2) is 0 Å². The Labute approximate surface area is 104 Å². The third kappa shape index (κ3) is 5.04. The van der Waals surface area contributed by atoms with E-state index in [1.54, 1.807) is 0 Å². The number of unbranched alkanes of at least 4 members (excludes halogenated alkanes) is 1. The fourth-order valence-corrected chi connectivity index (χ4v) is 2.24. The zero-order chi connectivity index (χ0) is 11.8. The zero-order valence-electron chi connectivity index (χ0n) is 10.6. The van der Waals surface area contributed by atoms with Crippen molar-refractivity contribution >= 4 is 11.8 Å². The molecule has 0 saturated heterocycles. The van der Waals surface area contributed by atoms with E-state index in [1.807, 2.05) is 11.8 Å². The first-order valence-corrected chi connectivity index (χ1v) is 7.42. The number of hydrogen-bond acceptors (Lipinski definition) is 2. The molecule has 1 atom stereocenters. The molecule has 0 aliphatic carbocycles. The van der Waals surface area contributed by atoms with Crippen molar-refractivity contribution in [2.24, 2.45) is 0 Å². The Balaban J connectivity index is 2.27. The average Bonchev–Trinajstić information content (AvgIpc) is 2.28. The van der Waals surface area contributed by atoms with Gasteiger partial charge < -0.3 is 5.32 Å². The van der Waals surface area contributed by atoms with Gasteiger partial charge in [0.25, 0.3) is 0 Å². The van der Waals surface area contributed by atoms with Crippen LogP contribution in [-0.4, -0.2) is 18.6 Å². The number of rotatable bonds is 7. The normalized spacial score (nSPS) is 12.7. The molecule has 16 heavy (non-hydrogen) atoms. The molecule has 0 aromatic heterocycles. The van der Waals surface area contributed by atoms with Gasteiger partial charge in [-0.1, -0.05) is 29.8 Å². The highest BCUT2D eigenvalue weighted by Gasteiger charge is 2.03. The molecule has 1 aromatic rings. The lowest BCUT2D eigenvalue weighted by Gasteiger charge is -2.14. The highest BCUT2D eigenvalue weighted by molar-refractivity contribution is 7.98. The van der Waals surface area contributed by atoms with Crippen LogP contribution in [0.4, 0.5) is 0 Å². The molecule has 0 spiro atoms. The second-order valence-corrected chi connectivity index (χ2v) is 5.28. The smallest absolute Gasteiger partial charge is 0.0291 e. The van der Waals surface area contributed by atoms with Crippen LogP contribution in [-0.2, 0) is 0 Å². The average molecular weight is 237 g/mol. The zero-order valence-corrected chi connectivity index (χ0v) is 11.4. The van der Waals surface area contributed by atoms with Crippen LogP contribution >= 0.6 is 11.8 Å². The third-order valence-electron chi connectivity index (χ3n) is 2.77. The second kappa shape index (κ2) is 7.75. The van der Waals surface area contributed by atoms with E-state index in [0.29, 0.717) is 6.04 Å². The lowest BCUT2D eigenvalue weighted by molar-refractivity contribution is 0.555. The summed E-state index contributed by atoms with van der Waals surface area (Å²) in [5.74, 6) is 1.28. The van der Waals surface area contributed by atoms with E-state index in [4.69, 9.17) is 0 Å². The van der Waals surface area contributed by atoms with Gasteiger partial charge in [0.05, 0.1) is 0 Å². The summed E-state index contributed by atoms with van der Waals surface area (Å²) in [6.45, 7) is 5.51. The van der Waals surface area contributed by atoms with Crippen LogP contribution in [0.5, 0.6) is 0 Å². The monoisotopic (exact) mass is 237 g/mol. The molecule has 0 aliphatic heterocycles. The van der Waals surface area contributed by atoms with Crippen molar-refractivity contribution in [3.63, 3.8) is 0 Å².